The summed E-state index contributed by atoms with van der Waals surface area (Å²) in [5.74, 6) is 1.16. The molecule has 2 aliphatic rings. The highest BCUT2D eigenvalue weighted by molar-refractivity contribution is 8.00. The molecule has 2 atom stereocenters. The van der Waals surface area contributed by atoms with Gasteiger partial charge in [-0.1, -0.05) is 18.5 Å². The normalized spacial score (nSPS) is 26.0. The van der Waals surface area contributed by atoms with Gasteiger partial charge in [-0.2, -0.15) is 11.8 Å². The largest absolute Gasteiger partial charge is 0.380 e. The SMILES string of the molecule is CC1CC(Nc2cc3c(cc2Cl)NC(=O)C3)CS1. The zero-order chi connectivity index (χ0) is 12.7. The Bertz CT molecular complexity index is 506. The van der Waals surface area contributed by atoms with E-state index in [1.54, 1.807) is 0 Å². The van der Waals surface area contributed by atoms with Gasteiger partial charge in [-0.25, -0.2) is 0 Å². The van der Waals surface area contributed by atoms with Crippen molar-refractivity contribution in [1.82, 2.24) is 0 Å². The van der Waals surface area contributed by atoms with E-state index < -0.39 is 0 Å². The lowest BCUT2D eigenvalue weighted by Crippen LogP contribution is -2.19. The molecule has 1 aromatic rings. The van der Waals surface area contributed by atoms with Crippen molar-refractivity contribution in [3.63, 3.8) is 0 Å². The van der Waals surface area contributed by atoms with Crippen LogP contribution in [0.5, 0.6) is 0 Å². The first-order valence-corrected chi connectivity index (χ1v) is 7.55. The van der Waals surface area contributed by atoms with E-state index in [0.29, 0.717) is 22.7 Å². The number of thioether (sulfide) groups is 1. The zero-order valence-electron chi connectivity index (χ0n) is 10.1. The van der Waals surface area contributed by atoms with E-state index in [1.165, 1.54) is 0 Å². The van der Waals surface area contributed by atoms with Crippen LogP contribution in [0.25, 0.3) is 0 Å². The molecule has 0 bridgehead atoms. The van der Waals surface area contributed by atoms with Gasteiger partial charge in [-0.05, 0) is 24.1 Å². The third-order valence-corrected chi connectivity index (χ3v) is 5.04. The number of fused-ring (bicyclic) bond motifs is 1. The van der Waals surface area contributed by atoms with Crippen LogP contribution in [-0.4, -0.2) is 23.0 Å². The predicted molar refractivity (Wildman–Crippen MR) is 77.7 cm³/mol. The topological polar surface area (TPSA) is 41.1 Å². The second kappa shape index (κ2) is 4.67. The Hall–Kier alpha value is -0.870. The molecule has 0 saturated carbocycles. The molecule has 2 unspecified atom stereocenters. The van der Waals surface area contributed by atoms with Crippen LogP contribution in [0.2, 0.25) is 5.02 Å². The van der Waals surface area contributed by atoms with Gasteiger partial charge in [0.2, 0.25) is 5.91 Å². The maximum atomic E-state index is 11.3. The van der Waals surface area contributed by atoms with Gasteiger partial charge in [0.05, 0.1) is 17.1 Å². The highest BCUT2D eigenvalue weighted by Gasteiger charge is 2.24. The predicted octanol–water partition coefficient (Wildman–Crippen LogP) is 3.14. The highest BCUT2D eigenvalue weighted by atomic mass is 35.5. The molecule has 18 heavy (non-hydrogen) atoms. The standard InChI is InChI=1S/C13H15ClN2OS/c1-7-2-9(6-18-7)15-12-3-8-4-13(17)16-11(8)5-10(12)14/h3,5,7,9,15H,2,4,6H2,1H3,(H,16,17). The third kappa shape index (κ3) is 2.31. The smallest absolute Gasteiger partial charge is 0.228 e. The van der Waals surface area contributed by atoms with E-state index in [0.717, 1.165) is 29.1 Å². The summed E-state index contributed by atoms with van der Waals surface area (Å²) < 4.78 is 0. The average molecular weight is 283 g/mol. The Morgan fingerprint density at radius 2 is 2.33 bits per heavy atom. The molecule has 96 valence electrons. The van der Waals surface area contributed by atoms with Crippen LogP contribution in [0.15, 0.2) is 12.1 Å². The number of carbonyl (C=O) groups is 1. The van der Waals surface area contributed by atoms with Crippen LogP contribution in [0, 0.1) is 0 Å². The summed E-state index contributed by atoms with van der Waals surface area (Å²) in [5, 5.41) is 7.69. The molecule has 1 amide bonds. The number of carbonyl (C=O) groups excluding carboxylic acids is 1. The van der Waals surface area contributed by atoms with Gasteiger partial charge in [-0.3, -0.25) is 4.79 Å². The Kier molecular flexibility index (Phi) is 3.16. The quantitative estimate of drug-likeness (QED) is 0.876. The van der Waals surface area contributed by atoms with E-state index >= 15 is 0 Å². The van der Waals surface area contributed by atoms with Gasteiger partial charge in [-0.15, -0.1) is 0 Å². The molecule has 0 spiro atoms. The Morgan fingerprint density at radius 1 is 1.50 bits per heavy atom. The van der Waals surface area contributed by atoms with Crippen molar-refractivity contribution in [3.05, 3.63) is 22.7 Å². The summed E-state index contributed by atoms with van der Waals surface area (Å²) >= 11 is 8.23. The van der Waals surface area contributed by atoms with E-state index in [4.69, 9.17) is 11.6 Å². The van der Waals surface area contributed by atoms with Crippen molar-refractivity contribution in [1.29, 1.82) is 0 Å². The lowest BCUT2D eigenvalue weighted by molar-refractivity contribution is -0.115. The lowest BCUT2D eigenvalue weighted by atomic mass is 10.1. The fourth-order valence-electron chi connectivity index (χ4n) is 2.50. The number of anilines is 2. The van der Waals surface area contributed by atoms with Crippen molar-refractivity contribution in [2.75, 3.05) is 16.4 Å². The van der Waals surface area contributed by atoms with Gasteiger partial charge in [0.15, 0.2) is 0 Å². The molecular formula is C13H15ClN2OS. The van der Waals surface area contributed by atoms with E-state index in [-0.39, 0.29) is 5.91 Å². The molecule has 1 saturated heterocycles. The minimum absolute atomic E-state index is 0.0447. The summed E-state index contributed by atoms with van der Waals surface area (Å²) in [7, 11) is 0. The van der Waals surface area contributed by atoms with Gasteiger partial charge >= 0.3 is 0 Å². The first-order chi connectivity index (χ1) is 8.61. The van der Waals surface area contributed by atoms with Crippen molar-refractivity contribution < 1.29 is 4.79 Å². The monoisotopic (exact) mass is 282 g/mol. The number of hydrogen-bond donors (Lipinski definition) is 2. The molecule has 3 nitrogen and oxygen atoms in total. The molecule has 2 N–H and O–H groups in total. The Morgan fingerprint density at radius 3 is 3.06 bits per heavy atom. The van der Waals surface area contributed by atoms with E-state index in [1.807, 2.05) is 23.9 Å². The van der Waals surface area contributed by atoms with E-state index in [2.05, 4.69) is 17.6 Å². The summed E-state index contributed by atoms with van der Waals surface area (Å²) in [6.07, 6.45) is 1.62. The number of nitrogens with one attached hydrogen (secondary N) is 2. The molecule has 0 aliphatic carbocycles. The first kappa shape index (κ1) is 12.2. The number of benzene rings is 1. The Labute approximate surface area is 116 Å². The van der Waals surface area contributed by atoms with Crippen LogP contribution in [0.4, 0.5) is 11.4 Å². The fraction of sp³-hybridized carbons (Fsp3) is 0.462. The van der Waals surface area contributed by atoms with Crippen molar-refractivity contribution in [2.24, 2.45) is 0 Å². The summed E-state index contributed by atoms with van der Waals surface area (Å²) in [5.41, 5.74) is 2.84. The number of halogens is 1. The average Bonchev–Trinajstić information content (AvgIpc) is 2.85. The first-order valence-electron chi connectivity index (χ1n) is 6.12. The highest BCUT2D eigenvalue weighted by Crippen LogP contribution is 2.35. The van der Waals surface area contributed by atoms with Crippen molar-refractivity contribution in [3.8, 4) is 0 Å². The molecule has 0 radical (unpaired) electrons. The fourth-order valence-corrected chi connectivity index (χ4v) is 3.86. The number of rotatable bonds is 2. The number of hydrogen-bond acceptors (Lipinski definition) is 3. The van der Waals surface area contributed by atoms with Gasteiger partial charge < -0.3 is 10.6 Å². The summed E-state index contributed by atoms with van der Waals surface area (Å²) in [4.78, 5) is 11.3. The van der Waals surface area contributed by atoms with Gasteiger partial charge in [0.1, 0.15) is 0 Å². The second-order valence-corrected chi connectivity index (χ2v) is 6.81. The van der Waals surface area contributed by atoms with Crippen molar-refractivity contribution >= 4 is 40.6 Å². The maximum absolute atomic E-state index is 11.3. The molecule has 5 heteroatoms. The zero-order valence-corrected chi connectivity index (χ0v) is 11.7. The van der Waals surface area contributed by atoms with Crippen LogP contribution in [0.3, 0.4) is 0 Å². The van der Waals surface area contributed by atoms with Crippen LogP contribution >= 0.6 is 23.4 Å². The molecular weight excluding hydrogens is 268 g/mol. The molecule has 1 aromatic carbocycles. The van der Waals surface area contributed by atoms with E-state index in [9.17, 15) is 4.79 Å². The minimum atomic E-state index is 0.0447. The Balaban J connectivity index is 1.81. The molecule has 1 fully saturated rings. The molecule has 0 aromatic heterocycles. The number of amides is 1. The van der Waals surface area contributed by atoms with Gasteiger partial charge in [0, 0.05) is 22.7 Å². The van der Waals surface area contributed by atoms with Crippen LogP contribution in [0.1, 0.15) is 18.9 Å². The third-order valence-electron chi connectivity index (χ3n) is 3.38. The summed E-state index contributed by atoms with van der Waals surface area (Å²) in [6, 6.07) is 4.32. The molecule has 2 aliphatic heterocycles. The van der Waals surface area contributed by atoms with Crippen LogP contribution < -0.4 is 10.6 Å². The van der Waals surface area contributed by atoms with Crippen molar-refractivity contribution in [2.45, 2.75) is 31.1 Å². The minimum Gasteiger partial charge on any atom is -0.380 e. The summed E-state index contributed by atoms with van der Waals surface area (Å²) in [6.45, 7) is 2.25. The lowest BCUT2D eigenvalue weighted by Gasteiger charge is -2.15. The van der Waals surface area contributed by atoms with Crippen LogP contribution in [-0.2, 0) is 11.2 Å². The second-order valence-electron chi connectivity index (χ2n) is 4.94. The van der Waals surface area contributed by atoms with Gasteiger partial charge in [0.25, 0.3) is 0 Å². The molecule has 2 heterocycles. The maximum Gasteiger partial charge on any atom is 0.228 e. The molecule has 3 rings (SSSR count).